The highest BCUT2D eigenvalue weighted by Crippen LogP contribution is 2.27. The number of allylic oxidation sites excluding steroid dienone is 1. The third kappa shape index (κ3) is 2.12. The van der Waals surface area contributed by atoms with Gasteiger partial charge in [0.1, 0.15) is 5.52 Å². The topological polar surface area (TPSA) is 116 Å². The number of nitrogens with zero attached hydrogens (tertiary/aromatic N) is 4. The molecule has 2 aromatic rings. The second-order valence-corrected chi connectivity index (χ2v) is 4.82. The van der Waals surface area contributed by atoms with Crippen molar-refractivity contribution in [2.45, 2.75) is 18.6 Å². The Morgan fingerprint density at radius 3 is 2.95 bits per heavy atom. The van der Waals surface area contributed by atoms with E-state index in [9.17, 15) is 9.90 Å². The summed E-state index contributed by atoms with van der Waals surface area (Å²) in [7, 11) is 0. The molecule has 0 radical (unpaired) electrons. The highest BCUT2D eigenvalue weighted by Gasteiger charge is 2.23. The van der Waals surface area contributed by atoms with Crippen LogP contribution in [0.2, 0.25) is 0 Å². The van der Waals surface area contributed by atoms with Crippen molar-refractivity contribution in [1.29, 1.82) is 0 Å². The molecule has 2 aromatic heterocycles. The number of hydrogen-bond donors (Lipinski definition) is 2. The zero-order valence-corrected chi connectivity index (χ0v) is 12.3. The van der Waals surface area contributed by atoms with Gasteiger partial charge in [-0.15, -0.1) is 0 Å². The molecule has 0 fully saturated rings. The van der Waals surface area contributed by atoms with Gasteiger partial charge in [0, 0.05) is 6.42 Å². The molecule has 2 atom stereocenters. The van der Waals surface area contributed by atoms with Crippen molar-refractivity contribution in [2.24, 2.45) is 0 Å². The van der Waals surface area contributed by atoms with Crippen LogP contribution >= 0.6 is 23.0 Å². The number of fused-ring (bicyclic) bond motifs is 1. The van der Waals surface area contributed by atoms with E-state index in [2.05, 4.69) is 18.0 Å². The maximum Gasteiger partial charge on any atom is 0.385 e. The summed E-state index contributed by atoms with van der Waals surface area (Å²) in [6.07, 6.45) is 5.18. The molecule has 20 heavy (non-hydrogen) atoms. The molecule has 9 heteroatoms. The highest BCUT2D eigenvalue weighted by molar-refractivity contribution is 14.1. The summed E-state index contributed by atoms with van der Waals surface area (Å²) >= 11 is 1.46. The molecule has 0 aliphatic heterocycles. The molecule has 0 saturated carbocycles. The average molecular weight is 387 g/mol. The predicted molar refractivity (Wildman–Crippen MR) is 78.0 cm³/mol. The number of aliphatic hydroxyl groups excluding tert-OH is 1. The number of aromatic nitrogens is 4. The molecule has 2 heterocycles. The van der Waals surface area contributed by atoms with E-state index in [1.807, 2.05) is 6.08 Å². The fraction of sp³-hybridized carbons (Fsp3) is 0.273. The Morgan fingerprint density at radius 2 is 2.30 bits per heavy atom. The van der Waals surface area contributed by atoms with Gasteiger partial charge in [-0.1, -0.05) is 12.2 Å². The molecule has 0 saturated heterocycles. The number of carbonyl (C=O) groups is 1. The lowest BCUT2D eigenvalue weighted by Crippen LogP contribution is -2.11. The molecule has 1 aliphatic rings. The molecule has 0 spiro atoms. The number of imidazole rings is 1. The van der Waals surface area contributed by atoms with Crippen LogP contribution in [0.4, 0.5) is 5.82 Å². The van der Waals surface area contributed by atoms with Gasteiger partial charge >= 0.3 is 5.97 Å². The van der Waals surface area contributed by atoms with Gasteiger partial charge in [0.15, 0.2) is 34.5 Å². The first-order valence-corrected chi connectivity index (χ1v) is 6.67. The van der Waals surface area contributed by atoms with Gasteiger partial charge in [-0.25, -0.2) is 19.7 Å². The van der Waals surface area contributed by atoms with E-state index in [1.165, 1.54) is 23.0 Å². The van der Waals surface area contributed by atoms with Gasteiger partial charge in [-0.2, -0.15) is 0 Å². The van der Waals surface area contributed by atoms with Gasteiger partial charge < -0.3 is 18.5 Å². The molecule has 8 nitrogen and oxygen atoms in total. The van der Waals surface area contributed by atoms with Gasteiger partial charge in [-0.3, -0.25) is 0 Å². The third-order valence-electron chi connectivity index (χ3n) is 3.10. The van der Waals surface area contributed by atoms with Crippen molar-refractivity contribution < 1.29 is 13.0 Å². The van der Waals surface area contributed by atoms with Crippen molar-refractivity contribution in [2.75, 3.05) is 5.73 Å². The first-order valence-electron chi connectivity index (χ1n) is 5.79. The smallest absolute Gasteiger partial charge is 0.385 e. The monoisotopic (exact) mass is 387 g/mol. The summed E-state index contributed by atoms with van der Waals surface area (Å²) < 4.78 is 6.32. The highest BCUT2D eigenvalue weighted by atomic mass is 127. The summed E-state index contributed by atoms with van der Waals surface area (Å²) in [6.45, 7) is 0. The lowest BCUT2D eigenvalue weighted by molar-refractivity contribution is 0.0788. The molecular weight excluding hydrogens is 377 g/mol. The van der Waals surface area contributed by atoms with Crippen molar-refractivity contribution in [3.63, 3.8) is 0 Å². The molecule has 0 amide bonds. The molecular formula is C11H10IN5O3. The maximum absolute atomic E-state index is 11.5. The van der Waals surface area contributed by atoms with E-state index in [4.69, 9.17) is 5.73 Å². The minimum absolute atomic E-state index is 0.0761. The number of rotatable bonds is 2. The SMILES string of the molecule is Nc1nc(C(=O)OI)nc2c1ncn2[C@H]1C=C[C@@H](O)C1. The summed E-state index contributed by atoms with van der Waals surface area (Å²) in [6, 6.07) is -0.0761. The summed E-state index contributed by atoms with van der Waals surface area (Å²) in [5.74, 6) is -0.671. The predicted octanol–water partition coefficient (Wildman–Crippen LogP) is 0.777. The molecule has 104 valence electrons. The van der Waals surface area contributed by atoms with Crippen LogP contribution in [0.1, 0.15) is 23.1 Å². The van der Waals surface area contributed by atoms with Crippen LogP contribution in [0, 0.1) is 0 Å². The molecule has 3 N–H and O–H groups in total. The number of nitrogens with two attached hydrogens (primary N) is 1. The standard InChI is InChI=1S/C11H10IN5O3/c12-20-11(19)9-15-8(13)7-10(16-9)17(4-14-7)5-1-2-6(18)3-5/h1-2,4-6,18H,3H2,(H2,13,15,16)/t5-,6+/m0/s1. The van der Waals surface area contributed by atoms with E-state index >= 15 is 0 Å². The Hall–Kier alpha value is -1.75. The molecule has 0 bridgehead atoms. The van der Waals surface area contributed by atoms with Crippen LogP contribution in [0.3, 0.4) is 0 Å². The number of halogens is 1. The van der Waals surface area contributed by atoms with Crippen LogP contribution in [-0.4, -0.2) is 36.7 Å². The Bertz CT molecular complexity index is 713. The molecule has 1 aliphatic carbocycles. The van der Waals surface area contributed by atoms with E-state index in [0.29, 0.717) is 17.6 Å². The molecule has 3 rings (SSSR count). The zero-order valence-electron chi connectivity index (χ0n) is 10.1. The Morgan fingerprint density at radius 1 is 1.50 bits per heavy atom. The van der Waals surface area contributed by atoms with Crippen molar-refractivity contribution in [1.82, 2.24) is 19.5 Å². The van der Waals surface area contributed by atoms with Gasteiger partial charge in [0.2, 0.25) is 5.82 Å². The quantitative estimate of drug-likeness (QED) is 0.578. The maximum atomic E-state index is 11.5. The Kier molecular flexibility index (Phi) is 3.30. The lowest BCUT2D eigenvalue weighted by atomic mass is 10.2. The lowest BCUT2D eigenvalue weighted by Gasteiger charge is -2.11. The minimum atomic E-state index is -0.672. The van der Waals surface area contributed by atoms with Gasteiger partial charge in [0.25, 0.3) is 0 Å². The van der Waals surface area contributed by atoms with Crippen molar-refractivity contribution >= 4 is 46.0 Å². The Balaban J connectivity index is 2.12. The van der Waals surface area contributed by atoms with Gasteiger partial charge in [0.05, 0.1) is 18.5 Å². The zero-order chi connectivity index (χ0) is 14.3. The summed E-state index contributed by atoms with van der Waals surface area (Å²) in [5.41, 5.74) is 6.65. The van der Waals surface area contributed by atoms with Crippen LogP contribution in [0.25, 0.3) is 11.2 Å². The second kappa shape index (κ2) is 4.98. The second-order valence-electron chi connectivity index (χ2n) is 4.38. The van der Waals surface area contributed by atoms with E-state index in [1.54, 1.807) is 17.0 Å². The summed E-state index contributed by atoms with van der Waals surface area (Å²) in [5, 5.41) is 9.55. The van der Waals surface area contributed by atoms with E-state index in [0.717, 1.165) is 0 Å². The average Bonchev–Trinajstić information content (AvgIpc) is 3.03. The number of nitrogen functional groups attached to an aromatic ring is 1. The van der Waals surface area contributed by atoms with E-state index < -0.39 is 12.1 Å². The first kappa shape index (κ1) is 13.2. The minimum Gasteiger partial charge on any atom is -0.389 e. The fourth-order valence-electron chi connectivity index (χ4n) is 2.17. The third-order valence-corrected chi connectivity index (χ3v) is 3.50. The van der Waals surface area contributed by atoms with E-state index in [-0.39, 0.29) is 17.7 Å². The number of carbonyl (C=O) groups excluding carboxylic acids is 1. The normalized spacial score (nSPS) is 21.5. The Labute approximate surface area is 127 Å². The number of aliphatic hydroxyl groups is 1. The number of anilines is 1. The van der Waals surface area contributed by atoms with Crippen LogP contribution in [0.5, 0.6) is 0 Å². The van der Waals surface area contributed by atoms with Crippen LogP contribution in [-0.2, 0) is 3.07 Å². The molecule has 0 unspecified atom stereocenters. The number of hydrogen-bond acceptors (Lipinski definition) is 7. The van der Waals surface area contributed by atoms with Crippen molar-refractivity contribution in [3.8, 4) is 0 Å². The van der Waals surface area contributed by atoms with Crippen LogP contribution in [0.15, 0.2) is 18.5 Å². The van der Waals surface area contributed by atoms with Gasteiger partial charge in [-0.05, 0) is 0 Å². The molecule has 0 aromatic carbocycles. The van der Waals surface area contributed by atoms with Crippen LogP contribution < -0.4 is 5.73 Å². The fourth-order valence-corrected chi connectivity index (χ4v) is 2.37. The summed E-state index contributed by atoms with van der Waals surface area (Å²) in [4.78, 5) is 23.7. The first-order chi connectivity index (χ1) is 9.60. The van der Waals surface area contributed by atoms with Crippen molar-refractivity contribution in [3.05, 3.63) is 24.3 Å². The largest absolute Gasteiger partial charge is 0.389 e.